The molecule has 1 aromatic heterocycles. The van der Waals surface area contributed by atoms with Crippen LogP contribution in [0, 0.1) is 5.82 Å². The largest absolute Gasteiger partial charge is 0.496 e. The smallest absolute Gasteiger partial charge is 0.352 e. The Morgan fingerprint density at radius 2 is 1.94 bits per heavy atom. The predicted molar refractivity (Wildman–Crippen MR) is 113 cm³/mol. The number of carboxylic acids is 1. The van der Waals surface area contributed by atoms with Gasteiger partial charge >= 0.3 is 5.97 Å². The maximum Gasteiger partial charge on any atom is 0.352 e. The molecule has 0 fully saturated rings. The van der Waals surface area contributed by atoms with E-state index < -0.39 is 5.97 Å². The summed E-state index contributed by atoms with van der Waals surface area (Å²) in [6.45, 7) is 0.525. The number of carboxylic acid groups (broad SMARTS) is 1. The first-order valence-electron chi connectivity index (χ1n) is 9.74. The van der Waals surface area contributed by atoms with Gasteiger partial charge in [0.2, 0.25) is 0 Å². The lowest BCUT2D eigenvalue weighted by Gasteiger charge is -2.24. The monoisotopic (exact) mass is 421 g/mol. The molecule has 3 N–H and O–H groups in total. The molecule has 2 aliphatic heterocycles. The van der Waals surface area contributed by atoms with Crippen molar-refractivity contribution in [1.82, 2.24) is 20.6 Å². The molecular formula is C22H20FN5O3. The Kier molecular flexibility index (Phi) is 4.40. The molecule has 0 atom stereocenters. The zero-order chi connectivity index (χ0) is 21.7. The SMILES string of the molecule is COc1cc2c(cc1C1=NNN(C)N1)-c1c(-c3ccc(F)cc3)cc(C(=O)O)n1CC2. The van der Waals surface area contributed by atoms with Gasteiger partial charge in [0.15, 0.2) is 5.84 Å². The molecule has 3 aromatic rings. The van der Waals surface area contributed by atoms with Crippen LogP contribution in [0.4, 0.5) is 4.39 Å². The molecule has 3 heterocycles. The van der Waals surface area contributed by atoms with Crippen molar-refractivity contribution in [2.45, 2.75) is 13.0 Å². The highest BCUT2D eigenvalue weighted by Crippen LogP contribution is 2.42. The van der Waals surface area contributed by atoms with E-state index in [0.717, 1.165) is 33.5 Å². The Hall–Kier alpha value is -3.85. The Morgan fingerprint density at radius 1 is 1.16 bits per heavy atom. The van der Waals surface area contributed by atoms with Crippen molar-refractivity contribution in [3.8, 4) is 28.1 Å². The number of methoxy groups -OCH3 is 1. The zero-order valence-electron chi connectivity index (χ0n) is 16.9. The number of hydrogen-bond donors (Lipinski definition) is 3. The fourth-order valence-electron chi connectivity index (χ4n) is 4.19. The van der Waals surface area contributed by atoms with Crippen LogP contribution in [0.1, 0.15) is 21.6 Å². The van der Waals surface area contributed by atoms with Crippen molar-refractivity contribution in [3.63, 3.8) is 0 Å². The third-order valence-corrected chi connectivity index (χ3v) is 5.60. The van der Waals surface area contributed by atoms with Gasteiger partial charge in [0.05, 0.1) is 18.4 Å². The highest BCUT2D eigenvalue weighted by molar-refractivity contribution is 6.03. The van der Waals surface area contributed by atoms with Crippen LogP contribution in [0.25, 0.3) is 22.4 Å². The maximum atomic E-state index is 13.5. The minimum Gasteiger partial charge on any atom is -0.496 e. The number of halogens is 1. The Bertz CT molecular complexity index is 1230. The van der Waals surface area contributed by atoms with Crippen molar-refractivity contribution in [3.05, 3.63) is 65.1 Å². The van der Waals surface area contributed by atoms with Gasteiger partial charge in [-0.05, 0) is 47.9 Å². The number of hydrazine groups is 2. The van der Waals surface area contributed by atoms with Gasteiger partial charge in [-0.25, -0.2) is 14.7 Å². The highest BCUT2D eigenvalue weighted by Gasteiger charge is 2.29. The molecule has 0 bridgehead atoms. The summed E-state index contributed by atoms with van der Waals surface area (Å²) in [5, 5.41) is 15.7. The second kappa shape index (κ2) is 7.13. The number of aromatic nitrogens is 1. The van der Waals surface area contributed by atoms with Crippen LogP contribution in [-0.4, -0.2) is 40.8 Å². The summed E-state index contributed by atoms with van der Waals surface area (Å²) in [7, 11) is 3.40. The summed E-state index contributed by atoms with van der Waals surface area (Å²) >= 11 is 0. The molecule has 0 amide bonds. The number of nitrogens with zero attached hydrogens (tertiary/aromatic N) is 3. The van der Waals surface area contributed by atoms with E-state index in [-0.39, 0.29) is 11.5 Å². The minimum atomic E-state index is -1.00. The number of aryl methyl sites for hydroxylation is 1. The molecule has 0 unspecified atom stereocenters. The lowest BCUT2D eigenvalue weighted by Crippen LogP contribution is -2.37. The number of aromatic carboxylic acids is 1. The number of amidine groups is 1. The molecule has 31 heavy (non-hydrogen) atoms. The van der Waals surface area contributed by atoms with E-state index in [0.29, 0.717) is 24.6 Å². The fourth-order valence-corrected chi connectivity index (χ4v) is 4.19. The first-order chi connectivity index (χ1) is 15.0. The molecule has 158 valence electrons. The van der Waals surface area contributed by atoms with E-state index >= 15 is 0 Å². The van der Waals surface area contributed by atoms with E-state index in [1.54, 1.807) is 37.5 Å². The fraction of sp³-hybridized carbons (Fsp3) is 0.182. The second-order valence-corrected chi connectivity index (χ2v) is 7.45. The van der Waals surface area contributed by atoms with Gasteiger partial charge in [-0.2, -0.15) is 0 Å². The summed E-state index contributed by atoms with van der Waals surface area (Å²) in [5.74, 6) is -0.0828. The molecule has 0 saturated carbocycles. The van der Waals surface area contributed by atoms with Gasteiger partial charge in [0.1, 0.15) is 17.3 Å². The highest BCUT2D eigenvalue weighted by atomic mass is 19.1. The Labute approximate surface area is 177 Å². The molecule has 0 spiro atoms. The minimum absolute atomic E-state index is 0.204. The average molecular weight is 421 g/mol. The Morgan fingerprint density at radius 3 is 2.58 bits per heavy atom. The van der Waals surface area contributed by atoms with E-state index in [1.165, 1.54) is 12.1 Å². The van der Waals surface area contributed by atoms with Crippen molar-refractivity contribution in [1.29, 1.82) is 0 Å². The second-order valence-electron chi connectivity index (χ2n) is 7.45. The molecule has 0 radical (unpaired) electrons. The summed E-state index contributed by atoms with van der Waals surface area (Å²) in [4.78, 5) is 12.0. The number of rotatable bonds is 4. The van der Waals surface area contributed by atoms with E-state index in [1.807, 2.05) is 16.7 Å². The van der Waals surface area contributed by atoms with E-state index in [9.17, 15) is 14.3 Å². The standard InChI is InChI=1S/C22H20FN5O3/c1-27-25-21(24-26-27)17-10-15-13(9-19(17)31-2)7-8-28-18(22(29)30)11-16(20(15)28)12-3-5-14(23)6-4-12/h3-6,9-11,26H,7-8H2,1-2H3,(H,24,25)(H,29,30). The molecule has 0 saturated heterocycles. The number of benzene rings is 2. The van der Waals surface area contributed by atoms with E-state index in [4.69, 9.17) is 4.74 Å². The van der Waals surface area contributed by atoms with Crippen molar-refractivity contribution in [2.24, 2.45) is 5.10 Å². The quantitative estimate of drug-likeness (QED) is 0.600. The van der Waals surface area contributed by atoms with Crippen molar-refractivity contribution < 1.29 is 19.0 Å². The first-order valence-corrected chi connectivity index (χ1v) is 9.74. The summed E-state index contributed by atoms with van der Waals surface area (Å²) in [5.41, 5.74) is 11.1. The molecule has 9 heteroatoms. The third-order valence-electron chi connectivity index (χ3n) is 5.60. The van der Waals surface area contributed by atoms with Crippen LogP contribution in [0.3, 0.4) is 0 Å². The first kappa shape index (κ1) is 19.1. The number of nitrogens with one attached hydrogen (secondary N) is 2. The number of carbonyl (C=O) groups is 1. The van der Waals surface area contributed by atoms with E-state index in [2.05, 4.69) is 16.1 Å². The molecule has 2 aliphatic rings. The number of ether oxygens (including phenoxy) is 1. The van der Waals surface area contributed by atoms with Gasteiger partial charge in [0, 0.05) is 24.7 Å². The molecule has 2 aromatic carbocycles. The van der Waals surface area contributed by atoms with Crippen molar-refractivity contribution >= 4 is 11.8 Å². The van der Waals surface area contributed by atoms with Crippen LogP contribution >= 0.6 is 0 Å². The lowest BCUT2D eigenvalue weighted by molar-refractivity contribution is 0.0685. The van der Waals surface area contributed by atoms with Gasteiger partial charge in [0.25, 0.3) is 0 Å². The van der Waals surface area contributed by atoms with Crippen LogP contribution in [-0.2, 0) is 13.0 Å². The summed E-state index contributed by atoms with van der Waals surface area (Å²) in [6, 6.07) is 11.7. The van der Waals surface area contributed by atoms with Crippen molar-refractivity contribution in [2.75, 3.05) is 14.2 Å². The van der Waals surface area contributed by atoms with Crippen LogP contribution in [0.2, 0.25) is 0 Å². The predicted octanol–water partition coefficient (Wildman–Crippen LogP) is 2.84. The third kappa shape index (κ3) is 3.10. The normalized spacial score (nSPS) is 14.9. The molecule has 5 rings (SSSR count). The average Bonchev–Trinajstić information content (AvgIpc) is 3.37. The molecule has 8 nitrogen and oxygen atoms in total. The Balaban J connectivity index is 1.75. The number of hydrazone groups is 1. The maximum absolute atomic E-state index is 13.5. The van der Waals surface area contributed by atoms with Crippen LogP contribution in [0.5, 0.6) is 5.75 Å². The number of hydrogen-bond acceptors (Lipinski definition) is 6. The van der Waals surface area contributed by atoms with Gasteiger partial charge in [-0.15, -0.1) is 10.2 Å². The van der Waals surface area contributed by atoms with Gasteiger partial charge in [-0.1, -0.05) is 12.1 Å². The summed E-state index contributed by atoms with van der Waals surface area (Å²) < 4.78 is 20.9. The topological polar surface area (TPSA) is 91.1 Å². The van der Waals surface area contributed by atoms with Gasteiger partial charge < -0.3 is 14.4 Å². The number of fused-ring (bicyclic) bond motifs is 3. The van der Waals surface area contributed by atoms with Gasteiger partial charge in [-0.3, -0.25) is 5.43 Å². The molecular weight excluding hydrogens is 401 g/mol. The molecule has 0 aliphatic carbocycles. The zero-order valence-corrected chi connectivity index (χ0v) is 16.9. The summed E-state index contributed by atoms with van der Waals surface area (Å²) in [6.07, 6.45) is 0.662. The lowest BCUT2D eigenvalue weighted by atomic mass is 9.91. The van der Waals surface area contributed by atoms with Crippen LogP contribution < -0.4 is 15.7 Å². The van der Waals surface area contributed by atoms with Crippen LogP contribution in [0.15, 0.2) is 47.6 Å².